The number of nitrogens with zero attached hydrogens (tertiary/aromatic N) is 6. The minimum Gasteiger partial charge on any atom is -0.506 e. The van der Waals surface area contributed by atoms with Gasteiger partial charge in [0.25, 0.3) is 0 Å². The average Bonchev–Trinajstić information content (AvgIpc) is 3.13. The summed E-state index contributed by atoms with van der Waals surface area (Å²) in [6.07, 6.45) is 4.84. The fourth-order valence-electron chi connectivity index (χ4n) is 4.62. The lowest BCUT2D eigenvalue weighted by atomic mass is 9.92. The molecular weight excluding hydrogens is 388 g/mol. The third-order valence-electron chi connectivity index (χ3n) is 6.03. The van der Waals surface area contributed by atoms with Crippen LogP contribution in [0.2, 0.25) is 0 Å². The van der Waals surface area contributed by atoms with Crippen LogP contribution in [-0.4, -0.2) is 43.2 Å². The molecule has 1 aliphatic rings. The van der Waals surface area contributed by atoms with Crippen molar-refractivity contribution in [2.75, 3.05) is 18.0 Å². The summed E-state index contributed by atoms with van der Waals surface area (Å²) in [6.45, 7) is 6.55. The number of anilines is 1. The summed E-state index contributed by atoms with van der Waals surface area (Å²) in [6, 6.07) is 11.7. The smallest absolute Gasteiger partial charge is 0.151 e. The number of aromatic nitrogens is 5. The zero-order valence-corrected chi connectivity index (χ0v) is 18.0. The second-order valence-electron chi connectivity index (χ2n) is 8.76. The number of rotatable bonds is 3. The number of aryl methyl sites for hydroxylation is 1. The maximum Gasteiger partial charge on any atom is 0.151 e. The van der Waals surface area contributed by atoms with E-state index in [9.17, 15) is 5.11 Å². The first kappa shape index (κ1) is 19.5. The van der Waals surface area contributed by atoms with Gasteiger partial charge in [0.2, 0.25) is 0 Å². The van der Waals surface area contributed by atoms with Gasteiger partial charge in [-0.3, -0.25) is 4.68 Å². The number of pyridine rings is 1. The van der Waals surface area contributed by atoms with Crippen molar-refractivity contribution in [2.24, 2.45) is 18.9 Å². The van der Waals surface area contributed by atoms with Crippen LogP contribution in [0.1, 0.15) is 20.3 Å². The predicted octanol–water partition coefficient (Wildman–Crippen LogP) is 4.28. The van der Waals surface area contributed by atoms with E-state index in [2.05, 4.69) is 39.0 Å². The highest BCUT2D eigenvalue weighted by Crippen LogP contribution is 2.32. The van der Waals surface area contributed by atoms with Crippen molar-refractivity contribution < 1.29 is 5.11 Å². The van der Waals surface area contributed by atoms with Crippen molar-refractivity contribution in [3.63, 3.8) is 0 Å². The van der Waals surface area contributed by atoms with Crippen molar-refractivity contribution >= 4 is 16.7 Å². The third kappa shape index (κ3) is 3.71. The Labute approximate surface area is 181 Å². The second kappa shape index (κ2) is 7.65. The molecule has 4 heterocycles. The topological polar surface area (TPSA) is 80.0 Å². The van der Waals surface area contributed by atoms with Crippen LogP contribution in [0, 0.1) is 11.8 Å². The molecule has 0 unspecified atom stereocenters. The largest absolute Gasteiger partial charge is 0.506 e. The van der Waals surface area contributed by atoms with E-state index in [4.69, 9.17) is 0 Å². The van der Waals surface area contributed by atoms with Gasteiger partial charge in [0.05, 0.1) is 11.7 Å². The lowest BCUT2D eigenvalue weighted by Gasteiger charge is -2.35. The van der Waals surface area contributed by atoms with E-state index < -0.39 is 0 Å². The lowest BCUT2D eigenvalue weighted by Crippen LogP contribution is -2.39. The summed E-state index contributed by atoms with van der Waals surface area (Å²) >= 11 is 0. The molecule has 0 radical (unpaired) electrons. The zero-order valence-electron chi connectivity index (χ0n) is 18.0. The zero-order chi connectivity index (χ0) is 21.5. The van der Waals surface area contributed by atoms with Gasteiger partial charge in [-0.2, -0.15) is 5.10 Å². The Balaban J connectivity index is 1.40. The van der Waals surface area contributed by atoms with Crippen molar-refractivity contribution in [3.8, 4) is 28.3 Å². The molecule has 4 aromatic rings. The molecule has 31 heavy (non-hydrogen) atoms. The van der Waals surface area contributed by atoms with E-state index >= 15 is 0 Å². The first-order chi connectivity index (χ1) is 15.0. The Bertz CT molecular complexity index is 1220. The Morgan fingerprint density at radius 3 is 2.45 bits per heavy atom. The molecule has 1 aromatic carbocycles. The van der Waals surface area contributed by atoms with Gasteiger partial charge < -0.3 is 10.0 Å². The highest BCUT2D eigenvalue weighted by Gasteiger charge is 2.23. The monoisotopic (exact) mass is 414 g/mol. The van der Waals surface area contributed by atoms with Crippen molar-refractivity contribution in [2.45, 2.75) is 20.3 Å². The van der Waals surface area contributed by atoms with Gasteiger partial charge in [-0.05, 0) is 54.2 Å². The van der Waals surface area contributed by atoms with Gasteiger partial charge in [0.1, 0.15) is 17.1 Å². The average molecular weight is 415 g/mol. The summed E-state index contributed by atoms with van der Waals surface area (Å²) in [5.41, 5.74) is 3.88. The van der Waals surface area contributed by atoms with E-state index in [1.165, 1.54) is 6.42 Å². The number of fused-ring (bicyclic) bond motifs is 1. The molecule has 0 spiro atoms. The van der Waals surface area contributed by atoms with Gasteiger partial charge in [0.15, 0.2) is 5.82 Å². The quantitative estimate of drug-likeness (QED) is 0.539. The molecule has 0 aliphatic carbocycles. The van der Waals surface area contributed by atoms with Gasteiger partial charge in [-0.1, -0.05) is 19.9 Å². The molecule has 158 valence electrons. The van der Waals surface area contributed by atoms with E-state index in [0.29, 0.717) is 23.2 Å². The van der Waals surface area contributed by atoms with Gasteiger partial charge in [-0.15, -0.1) is 10.2 Å². The molecular formula is C24H26N6O. The second-order valence-corrected chi connectivity index (χ2v) is 8.76. The number of aromatic hydroxyl groups is 1. The summed E-state index contributed by atoms with van der Waals surface area (Å²) < 4.78 is 1.84. The molecule has 1 saturated heterocycles. The molecule has 3 aromatic heterocycles. The molecule has 1 N–H and O–H groups in total. The van der Waals surface area contributed by atoms with Gasteiger partial charge >= 0.3 is 0 Å². The van der Waals surface area contributed by atoms with E-state index in [1.807, 2.05) is 48.3 Å². The van der Waals surface area contributed by atoms with Gasteiger partial charge in [0, 0.05) is 37.3 Å². The molecule has 7 nitrogen and oxygen atoms in total. The maximum absolute atomic E-state index is 10.7. The third-order valence-corrected chi connectivity index (χ3v) is 6.03. The standard InChI is InChI=1S/C24H26N6O/c1-15-8-16(2)14-30(13-15)23-7-5-20(27-28-23)24-22(31)10-18(11-25-24)17-4-6-21-19(9-17)12-26-29(21)3/h4-7,9-12,15-16,31H,8,13-14H2,1-3H3/t15-,16+. The van der Waals surface area contributed by atoms with Crippen LogP contribution in [0.4, 0.5) is 5.82 Å². The van der Waals surface area contributed by atoms with Crippen LogP contribution in [0.3, 0.4) is 0 Å². The summed E-state index contributed by atoms with van der Waals surface area (Å²) in [4.78, 5) is 6.78. The van der Waals surface area contributed by atoms with Gasteiger partial charge in [-0.25, -0.2) is 4.98 Å². The van der Waals surface area contributed by atoms with E-state index in [1.54, 1.807) is 12.3 Å². The van der Waals surface area contributed by atoms with E-state index in [0.717, 1.165) is 40.9 Å². The van der Waals surface area contributed by atoms with Crippen molar-refractivity contribution in [3.05, 3.63) is 48.8 Å². The molecule has 1 aliphatic heterocycles. The predicted molar refractivity (Wildman–Crippen MR) is 122 cm³/mol. The first-order valence-corrected chi connectivity index (χ1v) is 10.7. The molecule has 1 fully saturated rings. The lowest BCUT2D eigenvalue weighted by molar-refractivity contribution is 0.355. The fraction of sp³-hybridized carbons (Fsp3) is 0.333. The van der Waals surface area contributed by atoms with Crippen molar-refractivity contribution in [1.82, 2.24) is 25.0 Å². The summed E-state index contributed by atoms with van der Waals surface area (Å²) in [7, 11) is 1.92. The number of hydrogen-bond donors (Lipinski definition) is 1. The number of hydrogen-bond acceptors (Lipinski definition) is 6. The highest BCUT2D eigenvalue weighted by molar-refractivity contribution is 5.85. The number of piperidine rings is 1. The molecule has 0 saturated carbocycles. The van der Waals surface area contributed by atoms with Crippen LogP contribution >= 0.6 is 0 Å². The van der Waals surface area contributed by atoms with Crippen LogP contribution in [-0.2, 0) is 7.05 Å². The maximum atomic E-state index is 10.7. The summed E-state index contributed by atoms with van der Waals surface area (Å²) in [5.74, 6) is 2.26. The van der Waals surface area contributed by atoms with Crippen LogP contribution in [0.5, 0.6) is 5.75 Å². The highest BCUT2D eigenvalue weighted by atomic mass is 16.3. The molecule has 5 rings (SSSR count). The van der Waals surface area contributed by atoms with Crippen LogP contribution in [0.15, 0.2) is 48.8 Å². The Morgan fingerprint density at radius 1 is 0.935 bits per heavy atom. The SMILES string of the molecule is C[C@@H]1C[C@H](C)CN(c2ccc(-c3ncc(-c4ccc5c(cnn5C)c4)cc3O)nn2)C1. The minimum absolute atomic E-state index is 0.0889. The van der Waals surface area contributed by atoms with Crippen molar-refractivity contribution in [1.29, 1.82) is 0 Å². The summed E-state index contributed by atoms with van der Waals surface area (Å²) in [5, 5.41) is 24.8. The molecule has 2 atom stereocenters. The molecule has 0 amide bonds. The van der Waals surface area contributed by atoms with Crippen LogP contribution in [0.25, 0.3) is 33.4 Å². The molecule has 0 bridgehead atoms. The first-order valence-electron chi connectivity index (χ1n) is 10.7. The minimum atomic E-state index is 0.0889. The van der Waals surface area contributed by atoms with Crippen LogP contribution < -0.4 is 4.90 Å². The number of benzene rings is 1. The normalized spacial score (nSPS) is 19.1. The van der Waals surface area contributed by atoms with E-state index in [-0.39, 0.29) is 5.75 Å². The Kier molecular flexibility index (Phi) is 4.81. The Hall–Kier alpha value is -3.48. The fourth-order valence-corrected chi connectivity index (χ4v) is 4.62. The molecule has 7 heteroatoms. The Morgan fingerprint density at radius 2 is 1.74 bits per heavy atom.